The van der Waals surface area contributed by atoms with E-state index >= 15 is 0 Å². The number of aromatic nitrogens is 4. The molecule has 1 saturated heterocycles. The Labute approximate surface area is 194 Å². The van der Waals surface area contributed by atoms with Crippen LogP contribution in [0.1, 0.15) is 12.0 Å². The predicted molar refractivity (Wildman–Crippen MR) is 126 cm³/mol. The van der Waals surface area contributed by atoms with Gasteiger partial charge in [0.1, 0.15) is 17.5 Å². The van der Waals surface area contributed by atoms with Gasteiger partial charge >= 0.3 is 0 Å². The van der Waals surface area contributed by atoms with Crippen LogP contribution in [0.5, 0.6) is 5.75 Å². The van der Waals surface area contributed by atoms with Gasteiger partial charge < -0.3 is 9.64 Å². The minimum absolute atomic E-state index is 0.0492. The van der Waals surface area contributed by atoms with Crippen molar-refractivity contribution in [2.75, 3.05) is 24.0 Å². The van der Waals surface area contributed by atoms with Crippen LogP contribution in [0.3, 0.4) is 0 Å². The molecule has 4 aromatic rings. The predicted octanol–water partition coefficient (Wildman–Crippen LogP) is 2.02. The van der Waals surface area contributed by atoms with Crippen LogP contribution in [0.4, 0.5) is 5.69 Å². The first-order valence-electron chi connectivity index (χ1n) is 10.7. The zero-order chi connectivity index (χ0) is 23.8. The summed E-state index contributed by atoms with van der Waals surface area (Å²) < 4.78 is 7.75. The fraction of sp³-hybridized carbons (Fsp3) is 0.208. The minimum Gasteiger partial charge on any atom is -0.497 e. The van der Waals surface area contributed by atoms with Gasteiger partial charge in [0.15, 0.2) is 5.65 Å². The summed E-state index contributed by atoms with van der Waals surface area (Å²) in [6.07, 6.45) is 2.73. The number of methoxy groups -OCH3 is 1. The molecule has 0 saturated carbocycles. The maximum Gasteiger partial charge on any atom is 0.283 e. The van der Waals surface area contributed by atoms with Crippen molar-refractivity contribution in [3.05, 3.63) is 77.0 Å². The summed E-state index contributed by atoms with van der Waals surface area (Å²) in [6.45, 7) is 2.20. The summed E-state index contributed by atoms with van der Waals surface area (Å²) in [5.74, 6) is -0.519. The fourth-order valence-corrected chi connectivity index (χ4v) is 3.97. The number of carbonyl (C=O) groups excluding carboxylic acids is 2. The van der Waals surface area contributed by atoms with Gasteiger partial charge in [-0.05, 0) is 43.3 Å². The van der Waals surface area contributed by atoms with Crippen LogP contribution in [0.25, 0.3) is 16.7 Å². The van der Waals surface area contributed by atoms with Gasteiger partial charge in [-0.15, -0.1) is 0 Å². The lowest BCUT2D eigenvalue weighted by Crippen LogP contribution is -2.37. The topological polar surface area (TPSA) is 111 Å². The molecular weight excluding hydrogens is 436 g/mol. The Kier molecular flexibility index (Phi) is 5.33. The van der Waals surface area contributed by atoms with E-state index in [9.17, 15) is 14.4 Å². The molecule has 1 N–H and O–H groups in total. The molecule has 34 heavy (non-hydrogen) atoms. The molecular formula is C24H22N6O4. The number of aryl methyl sites for hydroxylation is 1. The molecule has 3 heterocycles. The molecule has 1 aliphatic heterocycles. The average molecular weight is 458 g/mol. The number of ether oxygens (including phenoxy) is 1. The van der Waals surface area contributed by atoms with E-state index in [1.54, 1.807) is 41.0 Å². The highest BCUT2D eigenvalue weighted by molar-refractivity contribution is 6.01. The lowest BCUT2D eigenvalue weighted by atomic mass is 10.1. The Morgan fingerprint density at radius 3 is 2.47 bits per heavy atom. The van der Waals surface area contributed by atoms with Crippen LogP contribution >= 0.6 is 0 Å². The van der Waals surface area contributed by atoms with Crippen LogP contribution < -0.4 is 20.6 Å². The average Bonchev–Trinajstić information content (AvgIpc) is 3.46. The van der Waals surface area contributed by atoms with Crippen molar-refractivity contribution in [3.63, 3.8) is 0 Å². The monoisotopic (exact) mass is 458 g/mol. The molecule has 10 heteroatoms. The number of carbonyl (C=O) groups is 2. The van der Waals surface area contributed by atoms with Gasteiger partial charge in [-0.3, -0.25) is 19.8 Å². The summed E-state index contributed by atoms with van der Waals surface area (Å²) in [5.41, 5.74) is 5.08. The van der Waals surface area contributed by atoms with Crippen LogP contribution in [0.2, 0.25) is 0 Å². The van der Waals surface area contributed by atoms with E-state index < -0.39 is 17.4 Å². The SMILES string of the molecule is COc1ccc(N2C[C@H](C(=O)Nn3cnc4c(cnn4-c4ccc(C)cc4)c3=O)CC2=O)cc1. The Balaban J connectivity index is 1.34. The van der Waals surface area contributed by atoms with Gasteiger partial charge in [-0.25, -0.2) is 14.3 Å². The standard InChI is InChI=1S/C24H22N6O4/c1-15-3-5-18(6-4-15)30-22-20(12-26-30)24(33)29(14-25-22)27-23(32)16-11-21(31)28(13-16)17-7-9-19(34-2)10-8-17/h3-10,12,14,16H,11,13H2,1-2H3,(H,27,32)/t16-/m1/s1. The number of rotatable bonds is 5. The number of hydrogen-bond acceptors (Lipinski definition) is 6. The second kappa shape index (κ2) is 8.47. The van der Waals surface area contributed by atoms with Crippen LogP contribution in [0.15, 0.2) is 65.8 Å². The van der Waals surface area contributed by atoms with Crippen LogP contribution in [-0.2, 0) is 9.59 Å². The summed E-state index contributed by atoms with van der Waals surface area (Å²) in [6, 6.07) is 14.7. The van der Waals surface area contributed by atoms with Gasteiger partial charge in [0.2, 0.25) is 11.8 Å². The van der Waals surface area contributed by atoms with Crippen molar-refractivity contribution < 1.29 is 14.3 Å². The van der Waals surface area contributed by atoms with E-state index in [-0.39, 0.29) is 24.3 Å². The zero-order valence-corrected chi connectivity index (χ0v) is 18.6. The number of hydrogen-bond donors (Lipinski definition) is 1. The summed E-state index contributed by atoms with van der Waals surface area (Å²) >= 11 is 0. The molecule has 2 aromatic carbocycles. The maximum absolute atomic E-state index is 13.0. The number of nitrogens with zero attached hydrogens (tertiary/aromatic N) is 5. The molecule has 2 aromatic heterocycles. The van der Waals surface area contributed by atoms with Gasteiger partial charge in [0.05, 0.1) is 24.9 Å². The van der Waals surface area contributed by atoms with E-state index in [0.717, 1.165) is 15.9 Å². The Bertz CT molecular complexity index is 1440. The highest BCUT2D eigenvalue weighted by atomic mass is 16.5. The molecule has 0 radical (unpaired) electrons. The molecule has 1 fully saturated rings. The molecule has 0 bridgehead atoms. The molecule has 2 amide bonds. The maximum atomic E-state index is 13.0. The number of amides is 2. The van der Waals surface area contributed by atoms with Gasteiger partial charge in [0, 0.05) is 18.7 Å². The molecule has 1 aliphatic rings. The number of nitrogens with one attached hydrogen (secondary N) is 1. The molecule has 172 valence electrons. The van der Waals surface area contributed by atoms with Crippen molar-refractivity contribution in [2.45, 2.75) is 13.3 Å². The first-order chi connectivity index (χ1) is 16.4. The highest BCUT2D eigenvalue weighted by Gasteiger charge is 2.35. The van der Waals surface area contributed by atoms with Gasteiger partial charge in [-0.1, -0.05) is 17.7 Å². The third-order valence-electron chi connectivity index (χ3n) is 5.88. The summed E-state index contributed by atoms with van der Waals surface area (Å²) in [7, 11) is 1.57. The van der Waals surface area contributed by atoms with Crippen LogP contribution in [-0.4, -0.2) is 44.9 Å². The Hall–Kier alpha value is -4.47. The Morgan fingerprint density at radius 1 is 1.06 bits per heavy atom. The first-order valence-corrected chi connectivity index (χ1v) is 10.7. The lowest BCUT2D eigenvalue weighted by Gasteiger charge is -2.17. The fourth-order valence-electron chi connectivity index (χ4n) is 3.97. The Morgan fingerprint density at radius 2 is 1.76 bits per heavy atom. The normalized spacial score (nSPS) is 15.6. The van der Waals surface area contributed by atoms with E-state index in [2.05, 4.69) is 15.5 Å². The zero-order valence-electron chi connectivity index (χ0n) is 18.6. The van der Waals surface area contributed by atoms with Crippen LogP contribution in [0, 0.1) is 12.8 Å². The lowest BCUT2D eigenvalue weighted by molar-refractivity contribution is -0.123. The molecule has 1 atom stereocenters. The second-order valence-corrected chi connectivity index (χ2v) is 8.13. The van der Waals surface area contributed by atoms with E-state index in [0.29, 0.717) is 17.1 Å². The van der Waals surface area contributed by atoms with Gasteiger partial charge in [-0.2, -0.15) is 5.10 Å². The second-order valence-electron chi connectivity index (χ2n) is 8.13. The molecule has 0 unspecified atom stereocenters. The van der Waals surface area contributed by atoms with Crippen molar-refractivity contribution in [2.24, 2.45) is 5.92 Å². The molecule has 10 nitrogen and oxygen atoms in total. The van der Waals surface area contributed by atoms with E-state index in [4.69, 9.17) is 4.74 Å². The largest absolute Gasteiger partial charge is 0.497 e. The third-order valence-corrected chi connectivity index (χ3v) is 5.88. The van der Waals surface area contributed by atoms with Gasteiger partial charge in [0.25, 0.3) is 5.56 Å². The smallest absolute Gasteiger partial charge is 0.283 e. The van der Waals surface area contributed by atoms with E-state index in [1.807, 2.05) is 31.2 Å². The number of anilines is 1. The number of benzene rings is 2. The quantitative estimate of drug-likeness (QED) is 0.490. The van der Waals surface area contributed by atoms with Crippen molar-refractivity contribution in [1.82, 2.24) is 19.4 Å². The van der Waals surface area contributed by atoms with E-state index in [1.165, 1.54) is 12.5 Å². The highest BCUT2D eigenvalue weighted by Crippen LogP contribution is 2.27. The van der Waals surface area contributed by atoms with Crippen molar-refractivity contribution >= 4 is 28.5 Å². The summed E-state index contributed by atoms with van der Waals surface area (Å²) in [4.78, 5) is 44.2. The molecule has 0 spiro atoms. The number of fused-ring (bicyclic) bond motifs is 1. The molecule has 0 aliphatic carbocycles. The van der Waals surface area contributed by atoms with Crippen molar-refractivity contribution in [1.29, 1.82) is 0 Å². The minimum atomic E-state index is -0.604. The summed E-state index contributed by atoms with van der Waals surface area (Å²) in [5, 5.41) is 4.56. The first kappa shape index (κ1) is 21.4. The molecule has 5 rings (SSSR count). The third kappa shape index (κ3) is 3.79. The van der Waals surface area contributed by atoms with Crippen molar-refractivity contribution in [3.8, 4) is 11.4 Å².